The molecule has 0 amide bonds. The van der Waals surface area contributed by atoms with E-state index in [1.165, 1.54) is 19.2 Å². The van der Waals surface area contributed by atoms with Crippen LogP contribution in [0.2, 0.25) is 0 Å². The topological polar surface area (TPSA) is 34.1 Å². The summed E-state index contributed by atoms with van der Waals surface area (Å²) >= 11 is 1.50. The molecule has 0 aliphatic heterocycles. The standard InChI is InChI=1S/CHO.O.Pd/c1-2;;/h1H;;/q-1;;. The van der Waals surface area contributed by atoms with E-state index in [9.17, 15) is 0 Å². The summed E-state index contributed by atoms with van der Waals surface area (Å²) in [4.78, 5) is 7.75. The molecule has 0 fully saturated rings. The van der Waals surface area contributed by atoms with Crippen LogP contribution in [0.3, 0.4) is 0 Å². The molecule has 0 aliphatic rings. The van der Waals surface area contributed by atoms with Crippen molar-refractivity contribution in [3.05, 3.63) is 0 Å². The van der Waals surface area contributed by atoms with Gasteiger partial charge in [-0.05, 0) is 0 Å². The number of hydrogen-bond acceptors (Lipinski definition) is 2. The van der Waals surface area contributed by atoms with Crippen LogP contribution < -0.4 is 0 Å². The zero-order valence-electron chi connectivity index (χ0n) is 1.71. The Labute approximate surface area is 34.9 Å². The minimum atomic E-state index is 1.50. The minimum absolute atomic E-state index is 1.50. The maximum atomic E-state index is 8.10. The first-order valence-corrected chi connectivity index (χ1v) is 0.999. The van der Waals surface area contributed by atoms with Gasteiger partial charge in [-0.15, -0.1) is 0 Å². The molecule has 4 heavy (non-hydrogen) atoms. The summed E-state index contributed by atoms with van der Waals surface area (Å²) in [6.07, 6.45) is 0. The van der Waals surface area contributed by atoms with Gasteiger partial charge >= 0.3 is 22.6 Å². The molecule has 0 radical (unpaired) electrons. The normalized spacial score (nSPS) is 2.50. The molecule has 0 saturated carbocycles. The molecule has 0 N–H and O–H groups in total. The van der Waals surface area contributed by atoms with Crippen molar-refractivity contribution >= 4 is 6.79 Å². The summed E-state index contributed by atoms with van der Waals surface area (Å²) in [6.45, 7) is 3.25. The Morgan fingerprint density at radius 1 is 1.25 bits per heavy atom. The van der Waals surface area contributed by atoms with E-state index in [4.69, 9.17) is 8.26 Å². The van der Waals surface area contributed by atoms with Gasteiger partial charge in [0.1, 0.15) is 0 Å². The van der Waals surface area contributed by atoms with Crippen molar-refractivity contribution in [3.8, 4) is 0 Å². The van der Waals surface area contributed by atoms with Gasteiger partial charge in [-0.3, -0.25) is 6.79 Å². The van der Waals surface area contributed by atoms with E-state index >= 15 is 0 Å². The van der Waals surface area contributed by atoms with Crippen LogP contribution in [0.25, 0.3) is 0 Å². The van der Waals surface area contributed by atoms with Crippen LogP contribution in [0.4, 0.5) is 0 Å². The van der Waals surface area contributed by atoms with Crippen molar-refractivity contribution in [2.45, 2.75) is 0 Å². The van der Waals surface area contributed by atoms with Crippen LogP contribution in [-0.4, -0.2) is 6.79 Å². The first-order chi connectivity index (χ1) is 2.00. The summed E-state index contributed by atoms with van der Waals surface area (Å²) in [5.74, 6) is 0. The second-order valence-electron chi connectivity index (χ2n) is 0. The fraction of sp³-hybridized carbons (Fsp3) is 0. The third-order valence-corrected chi connectivity index (χ3v) is 0. The van der Waals surface area contributed by atoms with Gasteiger partial charge in [0, 0.05) is 0 Å². The second-order valence-corrected chi connectivity index (χ2v) is 0. The first-order valence-electron chi connectivity index (χ1n) is 0.365. The van der Waals surface area contributed by atoms with Crippen molar-refractivity contribution in [2.75, 3.05) is 0 Å². The van der Waals surface area contributed by atoms with Crippen molar-refractivity contribution in [1.29, 1.82) is 0 Å². The van der Waals surface area contributed by atoms with Crippen LogP contribution in [0.1, 0.15) is 0 Å². The summed E-state index contributed by atoms with van der Waals surface area (Å²) in [6, 6.07) is 0. The number of carbonyl (C=O) groups excluding carboxylic acids is 1. The van der Waals surface area contributed by atoms with Gasteiger partial charge in [0.15, 0.2) is 0 Å². The fourth-order valence-corrected chi connectivity index (χ4v) is 0. The molecule has 0 atom stereocenters. The third-order valence-electron chi connectivity index (χ3n) is 0. The van der Waals surface area contributed by atoms with Gasteiger partial charge in [0.2, 0.25) is 0 Å². The van der Waals surface area contributed by atoms with E-state index in [0.29, 0.717) is 0 Å². The van der Waals surface area contributed by atoms with Crippen LogP contribution in [-0.2, 0) is 27.4 Å². The Balaban J connectivity index is 0. The van der Waals surface area contributed by atoms with Gasteiger partial charge in [0.05, 0.1) is 0 Å². The molecule has 0 spiro atoms. The molecular weight excluding hydrogens is 150 g/mol. The van der Waals surface area contributed by atoms with Crippen molar-refractivity contribution in [3.63, 3.8) is 0 Å². The Morgan fingerprint density at radius 2 is 1.25 bits per heavy atom. The average molecular weight is 151 g/mol. The van der Waals surface area contributed by atoms with Gasteiger partial charge in [-0.2, -0.15) is 0 Å². The molecule has 0 aromatic heterocycles. The average Bonchev–Trinajstić information content (AvgIpc) is 1.50. The molecule has 0 aromatic carbocycles. The molecule has 0 rings (SSSR count). The SMILES string of the molecule is [CH-]=O.[O]=[Pd]. The zero-order valence-corrected chi connectivity index (χ0v) is 3.26. The van der Waals surface area contributed by atoms with Crippen LogP contribution in [0, 0.1) is 0 Å². The molecule has 0 unspecified atom stereocenters. The second kappa shape index (κ2) is 813. The van der Waals surface area contributed by atoms with Crippen LogP contribution >= 0.6 is 0 Å². The Kier molecular flexibility index (Phi) is 1810. The van der Waals surface area contributed by atoms with E-state index in [2.05, 4.69) is 6.79 Å². The summed E-state index contributed by atoms with van der Waals surface area (Å²) in [7, 11) is 0. The summed E-state index contributed by atoms with van der Waals surface area (Å²) < 4.78 is 8.10. The summed E-state index contributed by atoms with van der Waals surface area (Å²) in [5.41, 5.74) is 0. The van der Waals surface area contributed by atoms with Gasteiger partial charge in [-0.25, -0.2) is 0 Å². The van der Waals surface area contributed by atoms with E-state index in [1.807, 2.05) is 0 Å². The molecule has 0 saturated heterocycles. The van der Waals surface area contributed by atoms with Gasteiger partial charge < -0.3 is 4.79 Å². The fourth-order valence-electron chi connectivity index (χ4n) is 0. The van der Waals surface area contributed by atoms with E-state index < -0.39 is 0 Å². The molecule has 0 aromatic rings. The van der Waals surface area contributed by atoms with Gasteiger partial charge in [0.25, 0.3) is 0 Å². The molecule has 0 bridgehead atoms. The zero-order chi connectivity index (χ0) is 4.00. The maximum absolute atomic E-state index is 8.10. The van der Waals surface area contributed by atoms with E-state index in [0.717, 1.165) is 0 Å². The Morgan fingerprint density at radius 3 is 1.25 bits per heavy atom. The monoisotopic (exact) mass is 151 g/mol. The van der Waals surface area contributed by atoms with Crippen LogP contribution in [0.5, 0.6) is 0 Å². The van der Waals surface area contributed by atoms with Crippen molar-refractivity contribution in [2.24, 2.45) is 0 Å². The molecule has 0 heterocycles. The molecule has 28 valence electrons. The quantitative estimate of drug-likeness (QED) is 0.268. The van der Waals surface area contributed by atoms with Gasteiger partial charge in [-0.1, -0.05) is 0 Å². The molecule has 0 aliphatic carbocycles. The molecular formula is CHO2Pd-. The number of hydrogen-bond donors (Lipinski definition) is 0. The third kappa shape index (κ3) is 156. The predicted molar refractivity (Wildman–Crippen MR) is 7.44 cm³/mol. The Bertz CT molecular complexity index is 8.00. The molecule has 2 nitrogen and oxygen atoms in total. The van der Waals surface area contributed by atoms with Crippen molar-refractivity contribution in [1.82, 2.24) is 0 Å². The predicted octanol–water partition coefficient (Wildman–Crippen LogP) is -0.395. The van der Waals surface area contributed by atoms with Crippen LogP contribution in [0.15, 0.2) is 0 Å². The van der Waals surface area contributed by atoms with Crippen molar-refractivity contribution < 1.29 is 27.4 Å². The number of rotatable bonds is 0. The summed E-state index contributed by atoms with van der Waals surface area (Å²) in [5, 5.41) is 0. The van der Waals surface area contributed by atoms with E-state index in [1.54, 1.807) is 0 Å². The Hall–Kier alpha value is 0.132. The molecule has 3 heteroatoms. The van der Waals surface area contributed by atoms with E-state index in [-0.39, 0.29) is 0 Å². The first kappa shape index (κ1) is 8.92.